The fourth-order valence-electron chi connectivity index (χ4n) is 1.65. The van der Waals surface area contributed by atoms with E-state index in [4.69, 9.17) is 17.3 Å². The molecule has 1 unspecified atom stereocenters. The number of halogens is 1. The van der Waals surface area contributed by atoms with Crippen molar-refractivity contribution >= 4 is 27.3 Å². The third-order valence-electron chi connectivity index (χ3n) is 2.89. The Balaban J connectivity index is 2.11. The van der Waals surface area contributed by atoms with E-state index in [1.807, 2.05) is 0 Å². The SMILES string of the molecule is Nc1ccc(Cl)c(S(=O)(=O)NCC(O)C2CC2)c1. The van der Waals surface area contributed by atoms with E-state index < -0.39 is 16.1 Å². The van der Waals surface area contributed by atoms with Crippen LogP contribution in [-0.4, -0.2) is 26.2 Å². The van der Waals surface area contributed by atoms with Gasteiger partial charge in [0, 0.05) is 12.2 Å². The molecule has 1 aromatic carbocycles. The van der Waals surface area contributed by atoms with Crippen molar-refractivity contribution in [2.75, 3.05) is 12.3 Å². The number of nitrogens with one attached hydrogen (secondary N) is 1. The number of anilines is 1. The summed E-state index contributed by atoms with van der Waals surface area (Å²) in [7, 11) is -3.74. The van der Waals surface area contributed by atoms with Crippen molar-refractivity contribution in [2.24, 2.45) is 5.92 Å². The summed E-state index contributed by atoms with van der Waals surface area (Å²) in [6, 6.07) is 4.26. The average Bonchev–Trinajstić information content (AvgIpc) is 3.13. The maximum Gasteiger partial charge on any atom is 0.242 e. The average molecular weight is 291 g/mol. The van der Waals surface area contributed by atoms with Crippen molar-refractivity contribution in [2.45, 2.75) is 23.8 Å². The van der Waals surface area contributed by atoms with E-state index in [1.54, 1.807) is 0 Å². The normalized spacial score (nSPS) is 17.7. The summed E-state index contributed by atoms with van der Waals surface area (Å²) in [6.45, 7) is -0.00186. The number of aliphatic hydroxyl groups is 1. The standard InChI is InChI=1S/C11H15ClN2O3S/c12-9-4-3-8(13)5-11(9)18(16,17)14-6-10(15)7-1-2-7/h3-5,7,10,14-15H,1-2,6,13H2. The molecule has 0 aliphatic heterocycles. The Morgan fingerprint density at radius 2 is 2.17 bits per heavy atom. The molecule has 1 aromatic rings. The van der Waals surface area contributed by atoms with Crippen molar-refractivity contribution in [1.82, 2.24) is 4.72 Å². The van der Waals surface area contributed by atoms with Crippen molar-refractivity contribution < 1.29 is 13.5 Å². The van der Waals surface area contributed by atoms with Crippen LogP contribution in [0, 0.1) is 5.92 Å². The van der Waals surface area contributed by atoms with Gasteiger partial charge in [-0.25, -0.2) is 13.1 Å². The van der Waals surface area contributed by atoms with Gasteiger partial charge >= 0.3 is 0 Å². The minimum Gasteiger partial charge on any atom is -0.399 e. The molecule has 7 heteroatoms. The largest absolute Gasteiger partial charge is 0.399 e. The zero-order valence-corrected chi connectivity index (χ0v) is 11.2. The Bertz CT molecular complexity index is 543. The topological polar surface area (TPSA) is 92.4 Å². The molecule has 2 rings (SSSR count). The molecule has 0 radical (unpaired) electrons. The molecule has 1 atom stereocenters. The number of benzene rings is 1. The second-order valence-electron chi connectivity index (χ2n) is 4.45. The van der Waals surface area contributed by atoms with Crippen LogP contribution in [0.2, 0.25) is 5.02 Å². The van der Waals surface area contributed by atoms with Gasteiger partial charge in [-0.3, -0.25) is 0 Å². The Hall–Kier alpha value is -0.820. The number of nitrogen functional groups attached to an aromatic ring is 1. The quantitative estimate of drug-likeness (QED) is 0.705. The molecule has 0 bridgehead atoms. The van der Waals surface area contributed by atoms with Gasteiger partial charge < -0.3 is 10.8 Å². The number of aliphatic hydroxyl groups excluding tert-OH is 1. The van der Waals surface area contributed by atoms with E-state index in [0.29, 0.717) is 5.69 Å². The molecule has 0 amide bonds. The lowest BCUT2D eigenvalue weighted by Crippen LogP contribution is -2.33. The summed E-state index contributed by atoms with van der Waals surface area (Å²) in [6.07, 6.45) is 1.25. The van der Waals surface area contributed by atoms with Crippen molar-refractivity contribution in [3.8, 4) is 0 Å². The van der Waals surface area contributed by atoms with Gasteiger partial charge in [0.15, 0.2) is 0 Å². The summed E-state index contributed by atoms with van der Waals surface area (Å²) in [5.74, 6) is 0.212. The summed E-state index contributed by atoms with van der Waals surface area (Å²) in [5, 5.41) is 9.75. The fraction of sp³-hybridized carbons (Fsp3) is 0.455. The Morgan fingerprint density at radius 3 is 2.78 bits per heavy atom. The summed E-state index contributed by atoms with van der Waals surface area (Å²) in [4.78, 5) is -0.0628. The van der Waals surface area contributed by atoms with Crippen LogP contribution in [0.1, 0.15) is 12.8 Å². The van der Waals surface area contributed by atoms with Crippen LogP contribution in [-0.2, 0) is 10.0 Å². The van der Waals surface area contributed by atoms with E-state index >= 15 is 0 Å². The lowest BCUT2D eigenvalue weighted by atomic mass is 10.2. The van der Waals surface area contributed by atoms with Crippen LogP contribution in [0.4, 0.5) is 5.69 Å². The highest BCUT2D eigenvalue weighted by Crippen LogP contribution is 2.32. The molecule has 5 nitrogen and oxygen atoms in total. The van der Waals surface area contributed by atoms with Crippen LogP contribution in [0.3, 0.4) is 0 Å². The minimum atomic E-state index is -3.74. The molecule has 4 N–H and O–H groups in total. The van der Waals surface area contributed by atoms with Crippen LogP contribution < -0.4 is 10.5 Å². The lowest BCUT2D eigenvalue weighted by molar-refractivity contribution is 0.155. The second-order valence-corrected chi connectivity index (χ2v) is 6.59. The molecule has 0 aromatic heterocycles. The number of sulfonamides is 1. The van der Waals surface area contributed by atoms with Gasteiger partial charge in [-0.15, -0.1) is 0 Å². The van der Waals surface area contributed by atoms with E-state index in [1.165, 1.54) is 18.2 Å². The number of rotatable bonds is 5. The highest BCUT2D eigenvalue weighted by atomic mass is 35.5. The van der Waals surface area contributed by atoms with Crippen molar-refractivity contribution in [1.29, 1.82) is 0 Å². The minimum absolute atomic E-state index is 0.00186. The van der Waals surface area contributed by atoms with E-state index in [0.717, 1.165) is 12.8 Å². The number of hydrogen-bond donors (Lipinski definition) is 3. The van der Waals surface area contributed by atoms with Gasteiger partial charge in [0.2, 0.25) is 10.0 Å². The smallest absolute Gasteiger partial charge is 0.242 e. The van der Waals surface area contributed by atoms with Gasteiger partial charge in [-0.2, -0.15) is 0 Å². The van der Waals surface area contributed by atoms with E-state index in [9.17, 15) is 13.5 Å². The zero-order valence-electron chi connectivity index (χ0n) is 9.64. The number of nitrogens with two attached hydrogens (primary N) is 1. The molecule has 1 aliphatic carbocycles. The first-order valence-electron chi connectivity index (χ1n) is 5.63. The second kappa shape index (κ2) is 5.05. The van der Waals surface area contributed by atoms with Crippen LogP contribution in [0.15, 0.2) is 23.1 Å². The molecule has 18 heavy (non-hydrogen) atoms. The van der Waals surface area contributed by atoms with Gasteiger partial charge in [0.05, 0.1) is 11.1 Å². The Labute approximate surface area is 111 Å². The Morgan fingerprint density at radius 1 is 1.50 bits per heavy atom. The number of hydrogen-bond acceptors (Lipinski definition) is 4. The molecule has 0 spiro atoms. The first-order chi connectivity index (χ1) is 8.40. The molecular formula is C11H15ClN2O3S. The van der Waals surface area contributed by atoms with E-state index in [-0.39, 0.29) is 22.4 Å². The predicted molar refractivity (Wildman–Crippen MR) is 69.8 cm³/mol. The first-order valence-corrected chi connectivity index (χ1v) is 7.49. The summed E-state index contributed by atoms with van der Waals surface area (Å²) in [5.41, 5.74) is 5.86. The first kappa shape index (κ1) is 13.6. The van der Waals surface area contributed by atoms with Gasteiger partial charge in [0.1, 0.15) is 4.90 Å². The van der Waals surface area contributed by atoms with Crippen molar-refractivity contribution in [3.05, 3.63) is 23.2 Å². The highest BCUT2D eigenvalue weighted by Gasteiger charge is 2.30. The molecule has 0 saturated heterocycles. The lowest BCUT2D eigenvalue weighted by Gasteiger charge is -2.12. The maximum absolute atomic E-state index is 12.0. The van der Waals surface area contributed by atoms with Crippen LogP contribution in [0.5, 0.6) is 0 Å². The van der Waals surface area contributed by atoms with Crippen LogP contribution in [0.25, 0.3) is 0 Å². The molecular weight excluding hydrogens is 276 g/mol. The molecule has 1 aliphatic rings. The molecule has 100 valence electrons. The predicted octanol–water partition coefficient (Wildman–Crippen LogP) is 0.971. The molecule has 1 saturated carbocycles. The third-order valence-corrected chi connectivity index (χ3v) is 4.80. The van der Waals surface area contributed by atoms with E-state index in [2.05, 4.69) is 4.72 Å². The van der Waals surface area contributed by atoms with Crippen molar-refractivity contribution in [3.63, 3.8) is 0 Å². The highest BCUT2D eigenvalue weighted by molar-refractivity contribution is 7.89. The summed E-state index contributed by atoms with van der Waals surface area (Å²) >= 11 is 5.83. The fourth-order valence-corrected chi connectivity index (χ4v) is 3.23. The van der Waals surface area contributed by atoms with Gasteiger partial charge in [-0.1, -0.05) is 11.6 Å². The monoisotopic (exact) mass is 290 g/mol. The van der Waals surface area contributed by atoms with Gasteiger partial charge in [0.25, 0.3) is 0 Å². The molecule has 1 fully saturated rings. The maximum atomic E-state index is 12.0. The Kier molecular flexibility index (Phi) is 3.82. The van der Waals surface area contributed by atoms with Gasteiger partial charge in [-0.05, 0) is 37.0 Å². The molecule has 0 heterocycles. The zero-order chi connectivity index (χ0) is 13.3. The van der Waals surface area contributed by atoms with Crippen LogP contribution >= 0.6 is 11.6 Å². The third kappa shape index (κ3) is 3.14. The summed E-state index contributed by atoms with van der Waals surface area (Å²) < 4.78 is 26.3.